The maximum atomic E-state index is 12.1. The first-order valence-corrected chi connectivity index (χ1v) is 3.62. The first kappa shape index (κ1) is 9.60. The molecule has 0 spiro atoms. The monoisotopic (exact) mass is 187 g/mol. The molecule has 5 N–H and O–H groups in total. The Morgan fingerprint density at radius 2 is 1.69 bits per heavy atom. The molecule has 4 nitrogen and oxygen atoms in total. The fraction of sp³-hybridized carbons (Fsp3) is 0.250. The fourth-order valence-corrected chi connectivity index (χ4v) is 0.929. The summed E-state index contributed by atoms with van der Waals surface area (Å²) >= 11 is 0. The van der Waals surface area contributed by atoms with Crippen LogP contribution in [0.25, 0.3) is 0 Å². The second-order valence-electron chi connectivity index (χ2n) is 2.67. The lowest BCUT2D eigenvalue weighted by atomic mass is 10.1. The third kappa shape index (κ3) is 1.81. The van der Waals surface area contributed by atoms with E-state index in [1.165, 1.54) is 0 Å². The minimum Gasteiger partial charge on any atom is -0.504 e. The van der Waals surface area contributed by atoms with Gasteiger partial charge in [-0.1, -0.05) is 0 Å². The van der Waals surface area contributed by atoms with Gasteiger partial charge in [0.2, 0.25) is 0 Å². The molecule has 1 aromatic carbocycles. The summed E-state index contributed by atoms with van der Waals surface area (Å²) in [6.45, 7) is -0.802. The summed E-state index contributed by atoms with van der Waals surface area (Å²) in [6, 6.07) is 1.32. The normalized spacial score (nSPS) is 12.8. The van der Waals surface area contributed by atoms with E-state index in [0.29, 0.717) is 0 Å². The summed E-state index contributed by atoms with van der Waals surface area (Å²) < 4.78 is 12.1. The van der Waals surface area contributed by atoms with E-state index in [1.54, 1.807) is 0 Å². The number of hydrogen-bond acceptors (Lipinski definition) is 4. The Morgan fingerprint density at radius 3 is 2.08 bits per heavy atom. The number of rotatable bonds is 2. The van der Waals surface area contributed by atoms with Crippen molar-refractivity contribution < 1.29 is 19.7 Å². The average Bonchev–Trinajstić information content (AvgIpc) is 2.12. The maximum absolute atomic E-state index is 12.1. The zero-order chi connectivity index (χ0) is 10.0. The van der Waals surface area contributed by atoms with Gasteiger partial charge in [-0.3, -0.25) is 0 Å². The van der Waals surface area contributed by atoms with Gasteiger partial charge in [-0.25, -0.2) is 4.39 Å². The van der Waals surface area contributed by atoms with Gasteiger partial charge in [0.1, 0.15) is 6.67 Å². The quantitative estimate of drug-likeness (QED) is 0.515. The first-order valence-electron chi connectivity index (χ1n) is 3.62. The molecular weight excluding hydrogens is 177 g/mol. The van der Waals surface area contributed by atoms with Crippen molar-refractivity contribution in [1.82, 2.24) is 0 Å². The highest BCUT2D eigenvalue weighted by Gasteiger charge is 2.12. The molecule has 0 saturated carbocycles. The summed E-state index contributed by atoms with van der Waals surface area (Å²) in [7, 11) is 0. The van der Waals surface area contributed by atoms with Crippen molar-refractivity contribution >= 4 is 0 Å². The van der Waals surface area contributed by atoms with Crippen LogP contribution >= 0.6 is 0 Å². The molecule has 0 bridgehead atoms. The van der Waals surface area contributed by atoms with Gasteiger partial charge in [0.05, 0.1) is 6.04 Å². The van der Waals surface area contributed by atoms with E-state index in [4.69, 9.17) is 21.1 Å². The van der Waals surface area contributed by atoms with Crippen LogP contribution in [0.15, 0.2) is 12.1 Å². The Morgan fingerprint density at radius 1 is 1.23 bits per heavy atom. The summed E-state index contributed by atoms with van der Waals surface area (Å²) in [5.74, 6) is -1.66. The van der Waals surface area contributed by atoms with Gasteiger partial charge < -0.3 is 21.1 Å². The van der Waals surface area contributed by atoms with Crippen LogP contribution < -0.4 is 5.73 Å². The van der Waals surface area contributed by atoms with E-state index in [9.17, 15) is 4.39 Å². The molecule has 0 aromatic heterocycles. The number of hydrogen-bond donors (Lipinski definition) is 4. The summed E-state index contributed by atoms with van der Waals surface area (Å²) in [6.07, 6.45) is 0. The van der Waals surface area contributed by atoms with Crippen molar-refractivity contribution in [3.8, 4) is 17.2 Å². The lowest BCUT2D eigenvalue weighted by Crippen LogP contribution is -2.11. The van der Waals surface area contributed by atoms with Gasteiger partial charge in [0.25, 0.3) is 0 Å². The molecule has 0 saturated heterocycles. The highest BCUT2D eigenvalue weighted by Crippen LogP contribution is 2.36. The summed E-state index contributed by atoms with van der Waals surface area (Å²) in [5.41, 5.74) is 5.54. The summed E-state index contributed by atoms with van der Waals surface area (Å²) in [5, 5.41) is 27.0. The SMILES string of the molecule is N[C@@H](CF)c1cc(O)c(O)c(O)c1. The van der Waals surface area contributed by atoms with Crippen LogP contribution in [0.4, 0.5) is 4.39 Å². The molecule has 1 aromatic rings. The predicted molar refractivity (Wildman–Crippen MR) is 44.3 cm³/mol. The number of halogens is 1. The van der Waals surface area contributed by atoms with E-state index in [-0.39, 0.29) is 5.56 Å². The highest BCUT2D eigenvalue weighted by molar-refractivity contribution is 5.51. The lowest BCUT2D eigenvalue weighted by molar-refractivity contribution is 0.364. The molecule has 0 aliphatic carbocycles. The number of alkyl halides is 1. The van der Waals surface area contributed by atoms with Gasteiger partial charge in [-0.05, 0) is 17.7 Å². The minimum atomic E-state index is -0.905. The lowest BCUT2D eigenvalue weighted by Gasteiger charge is -2.09. The van der Waals surface area contributed by atoms with Gasteiger partial charge in [-0.15, -0.1) is 0 Å². The van der Waals surface area contributed by atoms with Gasteiger partial charge in [0, 0.05) is 0 Å². The van der Waals surface area contributed by atoms with Crippen molar-refractivity contribution in [3.05, 3.63) is 17.7 Å². The van der Waals surface area contributed by atoms with Crippen molar-refractivity contribution in [2.45, 2.75) is 6.04 Å². The van der Waals surface area contributed by atoms with E-state index in [0.717, 1.165) is 12.1 Å². The number of phenols is 3. The number of aromatic hydroxyl groups is 3. The molecule has 0 radical (unpaired) electrons. The second-order valence-corrected chi connectivity index (χ2v) is 2.67. The van der Waals surface area contributed by atoms with E-state index < -0.39 is 30.0 Å². The molecule has 0 unspecified atom stereocenters. The minimum absolute atomic E-state index is 0.232. The summed E-state index contributed by atoms with van der Waals surface area (Å²) in [4.78, 5) is 0. The van der Waals surface area contributed by atoms with Crippen LogP contribution in [-0.4, -0.2) is 22.0 Å². The van der Waals surface area contributed by atoms with Crippen LogP contribution in [0.2, 0.25) is 0 Å². The molecular formula is C8H10FNO3. The van der Waals surface area contributed by atoms with Crippen LogP contribution in [0.5, 0.6) is 17.2 Å². The molecule has 1 atom stereocenters. The Bertz CT molecular complexity index is 293. The fourth-order valence-electron chi connectivity index (χ4n) is 0.929. The smallest absolute Gasteiger partial charge is 0.200 e. The van der Waals surface area contributed by atoms with Crippen molar-refractivity contribution in [2.24, 2.45) is 5.73 Å². The molecule has 0 fully saturated rings. The average molecular weight is 187 g/mol. The van der Waals surface area contributed by atoms with Crippen LogP contribution in [-0.2, 0) is 0 Å². The second kappa shape index (κ2) is 3.49. The van der Waals surface area contributed by atoms with Crippen molar-refractivity contribution in [2.75, 3.05) is 6.67 Å². The number of nitrogens with two attached hydrogens (primary N) is 1. The molecule has 1 rings (SSSR count). The zero-order valence-corrected chi connectivity index (χ0v) is 6.74. The van der Waals surface area contributed by atoms with Crippen LogP contribution in [0.1, 0.15) is 11.6 Å². The Hall–Kier alpha value is -1.49. The van der Waals surface area contributed by atoms with Crippen molar-refractivity contribution in [1.29, 1.82) is 0 Å². The van der Waals surface area contributed by atoms with E-state index >= 15 is 0 Å². The molecule has 13 heavy (non-hydrogen) atoms. The first-order chi connectivity index (χ1) is 6.06. The Kier molecular flexibility index (Phi) is 2.57. The van der Waals surface area contributed by atoms with Gasteiger partial charge in [-0.2, -0.15) is 0 Å². The number of phenolic OH excluding ortho intramolecular Hbond substituents is 3. The third-order valence-corrected chi connectivity index (χ3v) is 1.69. The highest BCUT2D eigenvalue weighted by atomic mass is 19.1. The van der Waals surface area contributed by atoms with E-state index in [2.05, 4.69) is 0 Å². The van der Waals surface area contributed by atoms with E-state index in [1.807, 2.05) is 0 Å². The van der Waals surface area contributed by atoms with Gasteiger partial charge in [0.15, 0.2) is 17.2 Å². The number of benzene rings is 1. The third-order valence-electron chi connectivity index (χ3n) is 1.69. The van der Waals surface area contributed by atoms with Crippen molar-refractivity contribution in [3.63, 3.8) is 0 Å². The molecule has 0 heterocycles. The zero-order valence-electron chi connectivity index (χ0n) is 6.74. The van der Waals surface area contributed by atoms with Crippen LogP contribution in [0.3, 0.4) is 0 Å². The topological polar surface area (TPSA) is 86.7 Å². The van der Waals surface area contributed by atoms with Crippen LogP contribution in [0, 0.1) is 0 Å². The Balaban J connectivity index is 3.13. The molecule has 0 aliphatic heterocycles. The van der Waals surface area contributed by atoms with Gasteiger partial charge >= 0.3 is 0 Å². The molecule has 0 amide bonds. The standard InChI is InChI=1S/C8H10FNO3/c9-3-5(10)4-1-6(11)8(13)7(12)2-4/h1-2,5,11-13H,3,10H2/t5-/m0/s1. The largest absolute Gasteiger partial charge is 0.504 e. The molecule has 5 heteroatoms. The molecule has 72 valence electrons. The predicted octanol–water partition coefficient (Wildman–Crippen LogP) is 0.773. The maximum Gasteiger partial charge on any atom is 0.200 e. The molecule has 0 aliphatic rings. The Labute approximate surface area is 74.0 Å².